The first-order valence-corrected chi connectivity index (χ1v) is 9.52. The first-order valence-electron chi connectivity index (χ1n) is 9.52. The van der Waals surface area contributed by atoms with Crippen molar-refractivity contribution in [2.45, 2.75) is 51.1 Å². The molecule has 0 radical (unpaired) electrons. The number of benzene rings is 1. The molecule has 2 N–H and O–H groups in total. The monoisotopic (exact) mass is 375 g/mol. The van der Waals surface area contributed by atoms with Crippen LogP contribution in [0.3, 0.4) is 0 Å². The lowest BCUT2D eigenvalue weighted by atomic mass is 9.79. The summed E-state index contributed by atoms with van der Waals surface area (Å²) in [6, 6.07) is 10.6. The molecule has 3 rings (SSSR count). The second-order valence-electron chi connectivity index (χ2n) is 6.93. The molecule has 0 atom stereocenters. The van der Waals surface area contributed by atoms with E-state index in [1.165, 1.54) is 30.8 Å². The van der Waals surface area contributed by atoms with Crippen LogP contribution < -0.4 is 10.6 Å². The zero-order valence-corrected chi connectivity index (χ0v) is 15.7. The van der Waals surface area contributed by atoms with Gasteiger partial charge in [-0.25, -0.2) is 9.98 Å². The van der Waals surface area contributed by atoms with Gasteiger partial charge in [-0.05, 0) is 25.3 Å². The summed E-state index contributed by atoms with van der Waals surface area (Å²) >= 11 is 0. The SMILES string of the molecule is CCNC(=NCc1nccn1C(F)F)NCC1(c2ccccc2)CCCC1. The lowest BCUT2D eigenvalue weighted by molar-refractivity contribution is 0.0671. The molecule has 0 spiro atoms. The highest BCUT2D eigenvalue weighted by molar-refractivity contribution is 5.79. The standard InChI is InChI=1S/C20H27F2N5/c1-2-23-19(25-14-17-24-12-13-27(17)18(21)22)26-15-20(10-6-7-11-20)16-8-4-3-5-9-16/h3-5,8-9,12-13,18H,2,6-7,10-11,14-15H2,1H3,(H2,23,25,26). The van der Waals surface area contributed by atoms with E-state index in [4.69, 9.17) is 0 Å². The van der Waals surface area contributed by atoms with Gasteiger partial charge in [-0.15, -0.1) is 0 Å². The summed E-state index contributed by atoms with van der Waals surface area (Å²) in [7, 11) is 0. The maximum absolute atomic E-state index is 13.0. The van der Waals surface area contributed by atoms with E-state index < -0.39 is 6.55 Å². The third-order valence-corrected chi connectivity index (χ3v) is 5.22. The van der Waals surface area contributed by atoms with Crippen LogP contribution in [0, 0.1) is 0 Å². The van der Waals surface area contributed by atoms with Crippen LogP contribution in [-0.2, 0) is 12.0 Å². The minimum absolute atomic E-state index is 0.0961. The van der Waals surface area contributed by atoms with E-state index in [1.54, 1.807) is 0 Å². The summed E-state index contributed by atoms with van der Waals surface area (Å²) in [4.78, 5) is 8.45. The second kappa shape index (κ2) is 8.97. The van der Waals surface area contributed by atoms with Gasteiger partial charge in [0.25, 0.3) is 0 Å². The van der Waals surface area contributed by atoms with Gasteiger partial charge in [-0.3, -0.25) is 4.57 Å². The van der Waals surface area contributed by atoms with Crippen LogP contribution in [0.15, 0.2) is 47.7 Å². The van der Waals surface area contributed by atoms with Crippen LogP contribution in [0.25, 0.3) is 0 Å². The van der Waals surface area contributed by atoms with E-state index in [-0.39, 0.29) is 17.8 Å². The average Bonchev–Trinajstić information content (AvgIpc) is 3.35. The maximum atomic E-state index is 13.0. The van der Waals surface area contributed by atoms with Crippen LogP contribution in [0.4, 0.5) is 8.78 Å². The van der Waals surface area contributed by atoms with Gasteiger partial charge in [-0.1, -0.05) is 43.2 Å². The number of hydrogen-bond acceptors (Lipinski definition) is 2. The highest BCUT2D eigenvalue weighted by atomic mass is 19.3. The number of guanidine groups is 1. The molecular weight excluding hydrogens is 348 g/mol. The second-order valence-corrected chi connectivity index (χ2v) is 6.93. The van der Waals surface area contributed by atoms with Crippen molar-refractivity contribution >= 4 is 5.96 Å². The average molecular weight is 375 g/mol. The van der Waals surface area contributed by atoms with Gasteiger partial charge in [0.2, 0.25) is 0 Å². The van der Waals surface area contributed by atoms with Gasteiger partial charge in [0.1, 0.15) is 12.4 Å². The first kappa shape index (κ1) is 19.3. The van der Waals surface area contributed by atoms with E-state index in [2.05, 4.69) is 44.9 Å². The number of rotatable bonds is 7. The molecule has 1 aromatic heterocycles. The first-order chi connectivity index (χ1) is 13.1. The summed E-state index contributed by atoms with van der Waals surface area (Å²) in [5.74, 6) is 0.879. The Morgan fingerprint density at radius 3 is 2.63 bits per heavy atom. The molecule has 0 saturated heterocycles. The van der Waals surface area contributed by atoms with Crippen LogP contribution >= 0.6 is 0 Å². The molecular formula is C20H27F2N5. The molecule has 1 heterocycles. The zero-order valence-electron chi connectivity index (χ0n) is 15.7. The van der Waals surface area contributed by atoms with Crippen molar-refractivity contribution in [2.75, 3.05) is 13.1 Å². The molecule has 0 amide bonds. The van der Waals surface area contributed by atoms with E-state index in [0.29, 0.717) is 12.5 Å². The van der Waals surface area contributed by atoms with Crippen LogP contribution in [0.1, 0.15) is 50.5 Å². The van der Waals surface area contributed by atoms with Gasteiger partial charge >= 0.3 is 6.55 Å². The number of imidazole rings is 1. The molecule has 1 aliphatic carbocycles. The Morgan fingerprint density at radius 1 is 1.22 bits per heavy atom. The zero-order chi connectivity index (χ0) is 19.1. The number of nitrogens with one attached hydrogen (secondary N) is 2. The number of halogens is 2. The largest absolute Gasteiger partial charge is 0.357 e. The highest BCUT2D eigenvalue weighted by Crippen LogP contribution is 2.40. The Labute approximate surface area is 158 Å². The minimum Gasteiger partial charge on any atom is -0.357 e. The van der Waals surface area contributed by atoms with Crippen molar-refractivity contribution in [1.82, 2.24) is 20.2 Å². The van der Waals surface area contributed by atoms with E-state index in [0.717, 1.165) is 24.0 Å². The summed E-state index contributed by atoms with van der Waals surface area (Å²) in [5, 5.41) is 6.63. The summed E-state index contributed by atoms with van der Waals surface area (Å²) in [6.45, 7) is 0.956. The van der Waals surface area contributed by atoms with Crippen LogP contribution in [0.5, 0.6) is 0 Å². The third-order valence-electron chi connectivity index (χ3n) is 5.22. The number of aliphatic imine (C=N–C) groups is 1. The number of aromatic nitrogens is 2. The van der Waals surface area contributed by atoms with Gasteiger partial charge in [0, 0.05) is 30.9 Å². The molecule has 0 bridgehead atoms. The molecule has 1 aromatic carbocycles. The lowest BCUT2D eigenvalue weighted by Crippen LogP contribution is -2.44. The van der Waals surface area contributed by atoms with Gasteiger partial charge in [0.05, 0.1) is 0 Å². The van der Waals surface area contributed by atoms with Crippen molar-refractivity contribution in [3.05, 3.63) is 54.1 Å². The molecule has 1 fully saturated rings. The lowest BCUT2D eigenvalue weighted by Gasteiger charge is -2.30. The fraction of sp³-hybridized carbons (Fsp3) is 0.500. The van der Waals surface area contributed by atoms with Crippen molar-refractivity contribution in [2.24, 2.45) is 4.99 Å². The minimum atomic E-state index is -2.60. The Balaban J connectivity index is 1.71. The molecule has 2 aromatic rings. The van der Waals surface area contributed by atoms with Crippen molar-refractivity contribution in [1.29, 1.82) is 0 Å². The number of hydrogen-bond donors (Lipinski definition) is 2. The van der Waals surface area contributed by atoms with E-state index >= 15 is 0 Å². The normalized spacial score (nSPS) is 16.7. The molecule has 0 aliphatic heterocycles. The van der Waals surface area contributed by atoms with Crippen LogP contribution in [0.2, 0.25) is 0 Å². The van der Waals surface area contributed by atoms with Crippen LogP contribution in [-0.4, -0.2) is 28.6 Å². The Bertz CT molecular complexity index is 736. The fourth-order valence-electron chi connectivity index (χ4n) is 3.80. The maximum Gasteiger partial charge on any atom is 0.319 e. The molecule has 1 saturated carbocycles. The van der Waals surface area contributed by atoms with Gasteiger partial charge in [-0.2, -0.15) is 8.78 Å². The molecule has 1 aliphatic rings. The van der Waals surface area contributed by atoms with Gasteiger partial charge in [0.15, 0.2) is 5.96 Å². The fourth-order valence-corrected chi connectivity index (χ4v) is 3.80. The van der Waals surface area contributed by atoms with E-state index in [1.807, 2.05) is 13.0 Å². The predicted octanol–water partition coefficient (Wildman–Crippen LogP) is 3.85. The van der Waals surface area contributed by atoms with Crippen molar-refractivity contribution in [3.63, 3.8) is 0 Å². The summed E-state index contributed by atoms with van der Waals surface area (Å²) < 4.78 is 26.8. The third kappa shape index (κ3) is 4.64. The highest BCUT2D eigenvalue weighted by Gasteiger charge is 2.35. The van der Waals surface area contributed by atoms with Crippen molar-refractivity contribution < 1.29 is 8.78 Å². The topological polar surface area (TPSA) is 54.2 Å². The summed E-state index contributed by atoms with van der Waals surface area (Å²) in [6.07, 6.45) is 7.36. The smallest absolute Gasteiger partial charge is 0.319 e. The Hall–Kier alpha value is -2.44. The number of alkyl halides is 2. The predicted molar refractivity (Wildman–Crippen MR) is 103 cm³/mol. The summed E-state index contributed by atoms with van der Waals surface area (Å²) in [5.41, 5.74) is 1.44. The molecule has 7 heteroatoms. The number of nitrogens with zero attached hydrogens (tertiary/aromatic N) is 3. The van der Waals surface area contributed by atoms with Gasteiger partial charge < -0.3 is 10.6 Å². The Morgan fingerprint density at radius 2 is 1.96 bits per heavy atom. The molecule has 146 valence electrons. The molecule has 0 unspecified atom stereocenters. The van der Waals surface area contributed by atoms with E-state index in [9.17, 15) is 8.78 Å². The van der Waals surface area contributed by atoms with Crippen molar-refractivity contribution in [3.8, 4) is 0 Å². The Kier molecular flexibility index (Phi) is 6.42. The molecule has 27 heavy (non-hydrogen) atoms. The quantitative estimate of drug-likeness (QED) is 0.571. The molecule has 5 nitrogen and oxygen atoms in total.